The van der Waals surface area contributed by atoms with Gasteiger partial charge in [0, 0.05) is 34.1 Å². The molecule has 3 atom stereocenters. The first-order valence-electron chi connectivity index (χ1n) is 10.5. The summed E-state index contributed by atoms with van der Waals surface area (Å²) in [5.41, 5.74) is 4.10. The second-order valence-corrected chi connectivity index (χ2v) is 8.70. The molecule has 5 nitrogen and oxygen atoms in total. The highest BCUT2D eigenvalue weighted by Crippen LogP contribution is 2.42. The van der Waals surface area contributed by atoms with Crippen molar-refractivity contribution in [3.63, 3.8) is 0 Å². The van der Waals surface area contributed by atoms with Crippen LogP contribution in [0.15, 0.2) is 48.5 Å². The Labute approximate surface area is 180 Å². The number of nitrogens with zero attached hydrogens (tertiary/aromatic N) is 2. The smallest absolute Gasteiger partial charge is 0.246 e. The Morgan fingerprint density at radius 1 is 1.13 bits per heavy atom. The summed E-state index contributed by atoms with van der Waals surface area (Å²) in [6.45, 7) is 4.19. The van der Waals surface area contributed by atoms with Crippen LogP contribution in [0.1, 0.15) is 43.1 Å². The lowest BCUT2D eigenvalue weighted by molar-refractivity contribution is -0.160. The summed E-state index contributed by atoms with van der Waals surface area (Å²) in [6, 6.07) is 14.9. The van der Waals surface area contributed by atoms with Crippen molar-refractivity contribution < 1.29 is 9.59 Å². The summed E-state index contributed by atoms with van der Waals surface area (Å²) in [5.74, 6) is 0.0306. The van der Waals surface area contributed by atoms with E-state index < -0.39 is 6.04 Å². The van der Waals surface area contributed by atoms with Crippen LogP contribution in [-0.4, -0.2) is 45.2 Å². The van der Waals surface area contributed by atoms with Crippen molar-refractivity contribution >= 4 is 34.3 Å². The van der Waals surface area contributed by atoms with Crippen molar-refractivity contribution in [2.75, 3.05) is 6.54 Å². The standard InChI is InChI=1S/C24H24ClN3O2/c1-3-14(2)27-13-21(29)28-20(24(27)30)12-18-17-6-4-5-7-19(17)26-22(18)23(28)15-8-10-16(25)11-9-15/h4-11,14,20,23,26H,3,12-13H2,1-2H3/t14-,20-,23+/m0/s1. The lowest BCUT2D eigenvalue weighted by Gasteiger charge is -2.48. The van der Waals surface area contributed by atoms with Crippen LogP contribution in [0, 0.1) is 0 Å². The molecule has 1 N–H and O–H groups in total. The van der Waals surface area contributed by atoms with E-state index in [1.165, 1.54) is 0 Å². The number of nitrogens with one attached hydrogen (secondary N) is 1. The van der Waals surface area contributed by atoms with Gasteiger partial charge in [-0.1, -0.05) is 48.9 Å². The van der Waals surface area contributed by atoms with Gasteiger partial charge in [0.1, 0.15) is 12.6 Å². The van der Waals surface area contributed by atoms with Crippen LogP contribution in [-0.2, 0) is 16.0 Å². The summed E-state index contributed by atoms with van der Waals surface area (Å²) in [5, 5.41) is 1.76. The largest absolute Gasteiger partial charge is 0.356 e. The number of benzene rings is 2. The lowest BCUT2D eigenvalue weighted by Crippen LogP contribution is -2.64. The molecule has 1 aromatic heterocycles. The molecular weight excluding hydrogens is 398 g/mol. The number of rotatable bonds is 3. The zero-order valence-corrected chi connectivity index (χ0v) is 17.8. The van der Waals surface area contributed by atoms with Gasteiger partial charge in [0.25, 0.3) is 0 Å². The topological polar surface area (TPSA) is 56.4 Å². The van der Waals surface area contributed by atoms with Crippen molar-refractivity contribution in [2.45, 2.75) is 44.8 Å². The number of aromatic nitrogens is 1. The molecule has 1 fully saturated rings. The Balaban J connectivity index is 1.70. The molecule has 1 saturated heterocycles. The second kappa shape index (κ2) is 7.17. The summed E-state index contributed by atoms with van der Waals surface area (Å²) in [4.78, 5) is 34.0. The monoisotopic (exact) mass is 421 g/mol. The molecule has 30 heavy (non-hydrogen) atoms. The van der Waals surface area contributed by atoms with E-state index in [1.54, 1.807) is 9.80 Å². The van der Waals surface area contributed by atoms with E-state index in [0.717, 1.165) is 34.1 Å². The van der Waals surface area contributed by atoms with Gasteiger partial charge in [-0.15, -0.1) is 0 Å². The fraction of sp³-hybridized carbons (Fsp3) is 0.333. The van der Waals surface area contributed by atoms with Crippen LogP contribution >= 0.6 is 11.6 Å². The third kappa shape index (κ3) is 2.83. The molecular formula is C24H24ClN3O2. The minimum absolute atomic E-state index is 0.0100. The van der Waals surface area contributed by atoms with Gasteiger partial charge in [-0.05, 0) is 42.7 Å². The fourth-order valence-electron chi connectivity index (χ4n) is 4.87. The van der Waals surface area contributed by atoms with Crippen LogP contribution in [0.5, 0.6) is 0 Å². The molecule has 0 saturated carbocycles. The second-order valence-electron chi connectivity index (χ2n) is 8.26. The average Bonchev–Trinajstić information content (AvgIpc) is 3.13. The Kier molecular flexibility index (Phi) is 4.58. The quantitative estimate of drug-likeness (QED) is 0.685. The predicted molar refractivity (Wildman–Crippen MR) is 117 cm³/mol. The maximum atomic E-state index is 13.5. The highest BCUT2D eigenvalue weighted by molar-refractivity contribution is 6.30. The zero-order chi connectivity index (χ0) is 21.0. The first-order valence-corrected chi connectivity index (χ1v) is 10.8. The Bertz CT molecular complexity index is 1140. The van der Waals surface area contributed by atoms with Crippen LogP contribution < -0.4 is 0 Å². The van der Waals surface area contributed by atoms with Gasteiger partial charge in [0.05, 0.1) is 6.04 Å². The van der Waals surface area contributed by atoms with Gasteiger partial charge in [-0.3, -0.25) is 9.59 Å². The molecule has 0 unspecified atom stereocenters. The first-order chi connectivity index (χ1) is 14.5. The highest BCUT2D eigenvalue weighted by Gasteiger charge is 2.48. The molecule has 3 heterocycles. The Hall–Kier alpha value is -2.79. The van der Waals surface area contributed by atoms with Gasteiger partial charge < -0.3 is 14.8 Å². The van der Waals surface area contributed by atoms with E-state index in [0.29, 0.717) is 11.4 Å². The number of piperazine rings is 1. The fourth-order valence-corrected chi connectivity index (χ4v) is 5.00. The average molecular weight is 422 g/mol. The molecule has 3 aromatic rings. The van der Waals surface area contributed by atoms with E-state index in [-0.39, 0.29) is 30.4 Å². The van der Waals surface area contributed by atoms with Crippen LogP contribution in [0.3, 0.4) is 0 Å². The number of hydrogen-bond acceptors (Lipinski definition) is 2. The maximum Gasteiger partial charge on any atom is 0.246 e. The zero-order valence-electron chi connectivity index (χ0n) is 17.1. The molecule has 0 spiro atoms. The van der Waals surface area contributed by atoms with E-state index >= 15 is 0 Å². The number of carbonyl (C=O) groups is 2. The number of fused-ring (bicyclic) bond motifs is 4. The summed E-state index contributed by atoms with van der Waals surface area (Å²) in [7, 11) is 0. The van der Waals surface area contributed by atoms with E-state index in [2.05, 4.69) is 11.1 Å². The highest BCUT2D eigenvalue weighted by atomic mass is 35.5. The number of hydrogen-bond donors (Lipinski definition) is 1. The number of carbonyl (C=O) groups excluding carboxylic acids is 2. The number of halogens is 1. The number of H-pyrrole nitrogens is 1. The van der Waals surface area contributed by atoms with Crippen LogP contribution in [0.4, 0.5) is 0 Å². The van der Waals surface area contributed by atoms with Gasteiger partial charge in [-0.2, -0.15) is 0 Å². The maximum absolute atomic E-state index is 13.5. The molecule has 2 amide bonds. The number of aromatic amines is 1. The van der Waals surface area contributed by atoms with Crippen LogP contribution in [0.2, 0.25) is 5.02 Å². The normalized spacial score (nSPS) is 22.2. The molecule has 2 aromatic carbocycles. The molecule has 0 aliphatic carbocycles. The minimum Gasteiger partial charge on any atom is -0.356 e. The first kappa shape index (κ1) is 19.2. The molecule has 2 aliphatic rings. The van der Waals surface area contributed by atoms with Crippen molar-refractivity contribution in [2.24, 2.45) is 0 Å². The van der Waals surface area contributed by atoms with Crippen molar-refractivity contribution in [3.8, 4) is 0 Å². The summed E-state index contributed by atoms with van der Waals surface area (Å²) in [6.07, 6.45) is 1.35. The molecule has 154 valence electrons. The minimum atomic E-state index is -0.493. The molecule has 0 bridgehead atoms. The van der Waals surface area contributed by atoms with Gasteiger partial charge >= 0.3 is 0 Å². The van der Waals surface area contributed by atoms with E-state index in [9.17, 15) is 9.59 Å². The molecule has 5 rings (SSSR count). The summed E-state index contributed by atoms with van der Waals surface area (Å²) >= 11 is 6.13. The van der Waals surface area contributed by atoms with E-state index in [4.69, 9.17) is 11.6 Å². The number of para-hydroxylation sites is 1. The Morgan fingerprint density at radius 3 is 2.60 bits per heavy atom. The lowest BCUT2D eigenvalue weighted by atomic mass is 9.86. The SMILES string of the molecule is CC[C@H](C)N1CC(=O)N2[C@H](c3ccc(Cl)cc3)c3[nH]c4ccccc4c3C[C@H]2C1=O. The van der Waals surface area contributed by atoms with Crippen molar-refractivity contribution in [3.05, 3.63) is 70.4 Å². The van der Waals surface area contributed by atoms with E-state index in [1.807, 2.05) is 56.3 Å². The van der Waals surface area contributed by atoms with Gasteiger partial charge in [0.2, 0.25) is 11.8 Å². The third-order valence-electron chi connectivity index (χ3n) is 6.60. The predicted octanol–water partition coefficient (Wildman–Crippen LogP) is 4.30. The molecule has 0 radical (unpaired) electrons. The van der Waals surface area contributed by atoms with Crippen molar-refractivity contribution in [1.29, 1.82) is 0 Å². The van der Waals surface area contributed by atoms with Gasteiger partial charge in [0.15, 0.2) is 0 Å². The molecule has 6 heteroatoms. The van der Waals surface area contributed by atoms with Crippen molar-refractivity contribution in [1.82, 2.24) is 14.8 Å². The Morgan fingerprint density at radius 2 is 1.87 bits per heavy atom. The molecule has 2 aliphatic heterocycles. The third-order valence-corrected chi connectivity index (χ3v) is 6.85. The van der Waals surface area contributed by atoms with Gasteiger partial charge in [-0.25, -0.2) is 0 Å². The van der Waals surface area contributed by atoms with Crippen LogP contribution in [0.25, 0.3) is 10.9 Å². The number of amides is 2. The summed E-state index contributed by atoms with van der Waals surface area (Å²) < 4.78 is 0.